The van der Waals surface area contributed by atoms with Gasteiger partial charge in [-0.25, -0.2) is 0 Å². The van der Waals surface area contributed by atoms with Gasteiger partial charge in [0, 0.05) is 24.5 Å². The molecule has 0 radical (unpaired) electrons. The van der Waals surface area contributed by atoms with Gasteiger partial charge in [0.2, 0.25) is 11.8 Å². The van der Waals surface area contributed by atoms with Gasteiger partial charge in [0.05, 0.1) is 26.3 Å². The van der Waals surface area contributed by atoms with Gasteiger partial charge in [0.25, 0.3) is 0 Å². The van der Waals surface area contributed by atoms with Gasteiger partial charge in [0.1, 0.15) is 0 Å². The van der Waals surface area contributed by atoms with Gasteiger partial charge in [-0.05, 0) is 31.3 Å². The van der Waals surface area contributed by atoms with Crippen LogP contribution < -0.4 is 16.0 Å². The van der Waals surface area contributed by atoms with E-state index in [-0.39, 0.29) is 18.4 Å². The van der Waals surface area contributed by atoms with Crippen LogP contribution in [0, 0.1) is 0 Å². The van der Waals surface area contributed by atoms with E-state index in [1.54, 1.807) is 31.3 Å². The van der Waals surface area contributed by atoms with Crippen molar-refractivity contribution in [2.24, 2.45) is 0 Å². The van der Waals surface area contributed by atoms with Gasteiger partial charge in [-0.1, -0.05) is 0 Å². The van der Waals surface area contributed by atoms with Gasteiger partial charge in [-0.2, -0.15) is 0 Å². The lowest BCUT2D eigenvalue weighted by atomic mass is 10.2. The molecule has 0 unspecified atom stereocenters. The summed E-state index contributed by atoms with van der Waals surface area (Å²) in [5.41, 5.74) is 1.41. The van der Waals surface area contributed by atoms with Crippen molar-refractivity contribution in [3.05, 3.63) is 24.3 Å². The van der Waals surface area contributed by atoms with Crippen LogP contribution in [0.4, 0.5) is 11.4 Å². The molecule has 1 saturated heterocycles. The zero-order chi connectivity index (χ0) is 15.8. The van der Waals surface area contributed by atoms with Gasteiger partial charge in [0.15, 0.2) is 0 Å². The monoisotopic (exact) mass is 306 g/mol. The Morgan fingerprint density at radius 1 is 1.05 bits per heavy atom. The van der Waals surface area contributed by atoms with Gasteiger partial charge < -0.3 is 20.7 Å². The van der Waals surface area contributed by atoms with Crippen molar-refractivity contribution >= 4 is 23.2 Å². The van der Waals surface area contributed by atoms with Crippen LogP contribution in [0.15, 0.2) is 24.3 Å². The number of hydrogen-bond donors (Lipinski definition) is 3. The molecule has 2 rings (SSSR count). The average Bonchev–Trinajstić information content (AvgIpc) is 2.50. The molecule has 1 aliphatic rings. The molecule has 0 saturated carbocycles. The van der Waals surface area contributed by atoms with E-state index in [0.717, 1.165) is 13.1 Å². The normalized spacial score (nSPS) is 15.3. The summed E-state index contributed by atoms with van der Waals surface area (Å²) in [6.45, 7) is 3.54. The second-order valence-corrected chi connectivity index (χ2v) is 5.09. The number of carbonyl (C=O) groups excluding carboxylic acids is 2. The second kappa shape index (κ2) is 8.47. The lowest BCUT2D eigenvalue weighted by Gasteiger charge is -2.25. The van der Waals surface area contributed by atoms with E-state index in [1.165, 1.54) is 0 Å². The molecule has 1 aromatic carbocycles. The largest absolute Gasteiger partial charge is 0.379 e. The number of hydrogen-bond acceptors (Lipinski definition) is 5. The van der Waals surface area contributed by atoms with Crippen LogP contribution in [0.5, 0.6) is 0 Å². The maximum Gasteiger partial charge on any atom is 0.238 e. The Labute approximate surface area is 130 Å². The molecule has 22 heavy (non-hydrogen) atoms. The van der Waals surface area contributed by atoms with Crippen LogP contribution in [0.2, 0.25) is 0 Å². The predicted molar refractivity (Wildman–Crippen MR) is 84.9 cm³/mol. The molecular weight excluding hydrogens is 284 g/mol. The van der Waals surface area contributed by atoms with Crippen molar-refractivity contribution in [3.8, 4) is 0 Å². The van der Waals surface area contributed by atoms with Crippen molar-refractivity contribution in [1.29, 1.82) is 0 Å². The third kappa shape index (κ3) is 5.44. The smallest absolute Gasteiger partial charge is 0.238 e. The molecule has 7 heteroatoms. The molecule has 1 aliphatic heterocycles. The van der Waals surface area contributed by atoms with Crippen LogP contribution in [0.25, 0.3) is 0 Å². The second-order valence-electron chi connectivity index (χ2n) is 5.09. The summed E-state index contributed by atoms with van der Waals surface area (Å²) in [6.07, 6.45) is 0. The fraction of sp³-hybridized carbons (Fsp3) is 0.467. The average molecular weight is 306 g/mol. The number of morpholine rings is 1. The van der Waals surface area contributed by atoms with Crippen LogP contribution in [-0.4, -0.2) is 63.2 Å². The van der Waals surface area contributed by atoms with Crippen molar-refractivity contribution in [2.75, 3.05) is 57.1 Å². The predicted octanol–water partition coefficient (Wildman–Crippen LogP) is 0.115. The van der Waals surface area contributed by atoms with E-state index in [2.05, 4.69) is 20.9 Å². The molecule has 0 aromatic heterocycles. The topological polar surface area (TPSA) is 82.7 Å². The Balaban J connectivity index is 1.80. The van der Waals surface area contributed by atoms with Crippen LogP contribution >= 0.6 is 0 Å². The minimum absolute atomic E-state index is 0.0473. The van der Waals surface area contributed by atoms with Crippen molar-refractivity contribution in [2.45, 2.75) is 0 Å². The number of carbonyl (C=O) groups is 2. The zero-order valence-electron chi connectivity index (χ0n) is 12.7. The van der Waals surface area contributed by atoms with Gasteiger partial charge in [-0.3, -0.25) is 14.5 Å². The van der Waals surface area contributed by atoms with Crippen molar-refractivity contribution < 1.29 is 14.3 Å². The lowest BCUT2D eigenvalue weighted by molar-refractivity contribution is -0.118. The minimum atomic E-state index is -0.105. The van der Waals surface area contributed by atoms with Gasteiger partial charge >= 0.3 is 0 Å². The van der Waals surface area contributed by atoms with E-state index in [1.807, 2.05) is 0 Å². The fourth-order valence-corrected chi connectivity index (χ4v) is 2.17. The maximum atomic E-state index is 12.0. The Morgan fingerprint density at radius 3 is 2.14 bits per heavy atom. The summed E-state index contributed by atoms with van der Waals surface area (Å²) in [5, 5.41) is 8.38. The summed E-state index contributed by atoms with van der Waals surface area (Å²) < 4.78 is 5.25. The van der Waals surface area contributed by atoms with Gasteiger partial charge in [-0.15, -0.1) is 0 Å². The van der Waals surface area contributed by atoms with Crippen LogP contribution in [0.3, 0.4) is 0 Å². The Bertz CT molecular complexity index is 498. The summed E-state index contributed by atoms with van der Waals surface area (Å²) >= 11 is 0. The minimum Gasteiger partial charge on any atom is -0.379 e. The quantitative estimate of drug-likeness (QED) is 0.695. The molecule has 1 aromatic rings. The molecule has 120 valence electrons. The molecule has 0 bridgehead atoms. The van der Waals surface area contributed by atoms with E-state index in [9.17, 15) is 9.59 Å². The summed E-state index contributed by atoms with van der Waals surface area (Å²) in [7, 11) is 1.71. The summed E-state index contributed by atoms with van der Waals surface area (Å²) in [5.74, 6) is -0.152. The third-order valence-electron chi connectivity index (χ3n) is 3.26. The Morgan fingerprint density at radius 2 is 1.59 bits per heavy atom. The molecule has 0 atom stereocenters. The molecule has 3 N–H and O–H groups in total. The molecule has 7 nitrogen and oxygen atoms in total. The molecule has 2 amide bonds. The first kappa shape index (κ1) is 16.4. The summed E-state index contributed by atoms with van der Waals surface area (Å²) in [6, 6.07) is 7.06. The lowest BCUT2D eigenvalue weighted by Crippen LogP contribution is -2.41. The van der Waals surface area contributed by atoms with Crippen molar-refractivity contribution in [3.63, 3.8) is 0 Å². The van der Waals surface area contributed by atoms with E-state index >= 15 is 0 Å². The highest BCUT2D eigenvalue weighted by molar-refractivity contribution is 5.94. The van der Waals surface area contributed by atoms with E-state index < -0.39 is 0 Å². The Hall–Kier alpha value is -1.96. The number of nitrogens with one attached hydrogen (secondary N) is 3. The SMILES string of the molecule is CNCC(=O)Nc1ccc(NC(=O)CN2CCOCC2)cc1. The highest BCUT2D eigenvalue weighted by Gasteiger charge is 2.14. The Kier molecular flexibility index (Phi) is 6.32. The highest BCUT2D eigenvalue weighted by Crippen LogP contribution is 2.13. The van der Waals surface area contributed by atoms with E-state index in [4.69, 9.17) is 4.74 Å². The standard InChI is InChI=1S/C15H22N4O3/c1-16-10-14(20)17-12-2-4-13(5-3-12)18-15(21)11-19-6-8-22-9-7-19/h2-5,16H,6-11H2,1H3,(H,17,20)(H,18,21). The van der Waals surface area contributed by atoms with Crippen molar-refractivity contribution in [1.82, 2.24) is 10.2 Å². The molecule has 1 fully saturated rings. The molecule has 0 spiro atoms. The van der Waals surface area contributed by atoms with Crippen LogP contribution in [-0.2, 0) is 14.3 Å². The van der Waals surface area contributed by atoms with E-state index in [0.29, 0.717) is 31.1 Å². The number of rotatable bonds is 6. The first-order chi connectivity index (χ1) is 10.7. The molecule has 1 heterocycles. The summed E-state index contributed by atoms with van der Waals surface area (Å²) in [4.78, 5) is 25.5. The maximum absolute atomic E-state index is 12.0. The van der Waals surface area contributed by atoms with Crippen LogP contribution in [0.1, 0.15) is 0 Å². The number of nitrogens with zero attached hydrogens (tertiary/aromatic N) is 1. The number of amides is 2. The first-order valence-electron chi connectivity index (χ1n) is 7.32. The zero-order valence-corrected chi connectivity index (χ0v) is 12.7. The molecule has 0 aliphatic carbocycles. The number of benzene rings is 1. The highest BCUT2D eigenvalue weighted by atomic mass is 16.5. The fourth-order valence-electron chi connectivity index (χ4n) is 2.17. The number of likely N-dealkylation sites (N-methyl/N-ethyl adjacent to an activating group) is 1. The number of ether oxygens (including phenoxy) is 1. The number of anilines is 2. The first-order valence-corrected chi connectivity index (χ1v) is 7.32. The molecular formula is C15H22N4O3. The third-order valence-corrected chi connectivity index (χ3v) is 3.26.